The van der Waals surface area contributed by atoms with Crippen LogP contribution in [0.3, 0.4) is 0 Å². The Hall–Kier alpha value is -1.59. The molecule has 140 valence electrons. The molecule has 0 spiro atoms. The number of aliphatic hydroxyl groups excluding tert-OH is 1. The van der Waals surface area contributed by atoms with Crippen LogP contribution < -0.4 is 5.32 Å². The van der Waals surface area contributed by atoms with Crippen LogP contribution >= 0.6 is 0 Å². The van der Waals surface area contributed by atoms with Crippen LogP contribution in [0.4, 0.5) is 0 Å². The Balaban J connectivity index is 1.80. The minimum atomic E-state index is -0.594. The highest BCUT2D eigenvalue weighted by atomic mass is 16.5. The van der Waals surface area contributed by atoms with Crippen molar-refractivity contribution >= 4 is 5.96 Å². The number of nitrogens with zero attached hydrogens (tertiary/aromatic N) is 2. The number of aliphatic hydroxyl groups is 1. The number of hydrogen-bond donors (Lipinski definition) is 2. The Morgan fingerprint density at radius 3 is 2.64 bits per heavy atom. The summed E-state index contributed by atoms with van der Waals surface area (Å²) in [5, 5.41) is 13.6. The number of benzene rings is 1. The van der Waals surface area contributed by atoms with E-state index in [1.54, 1.807) is 0 Å². The van der Waals surface area contributed by atoms with Crippen LogP contribution in [0.2, 0.25) is 0 Å². The molecule has 1 heterocycles. The van der Waals surface area contributed by atoms with Crippen molar-refractivity contribution in [3.63, 3.8) is 0 Å². The molecule has 5 nitrogen and oxygen atoms in total. The van der Waals surface area contributed by atoms with E-state index in [2.05, 4.69) is 29.1 Å². The summed E-state index contributed by atoms with van der Waals surface area (Å²) in [7, 11) is 0. The fourth-order valence-electron chi connectivity index (χ4n) is 2.97. The highest BCUT2D eigenvalue weighted by Gasteiger charge is 2.19. The molecule has 1 aromatic rings. The van der Waals surface area contributed by atoms with E-state index in [9.17, 15) is 5.11 Å². The van der Waals surface area contributed by atoms with E-state index in [1.807, 2.05) is 37.3 Å². The number of aliphatic imine (C=N–C) groups is 1. The molecule has 1 saturated heterocycles. The van der Waals surface area contributed by atoms with E-state index in [-0.39, 0.29) is 12.7 Å². The number of nitrogens with one attached hydrogen (secondary N) is 1. The van der Waals surface area contributed by atoms with Crippen molar-refractivity contribution in [1.82, 2.24) is 10.2 Å². The molecule has 5 heteroatoms. The monoisotopic (exact) mass is 347 g/mol. The zero-order valence-electron chi connectivity index (χ0n) is 15.8. The van der Waals surface area contributed by atoms with Gasteiger partial charge in [0.1, 0.15) is 0 Å². The smallest absolute Gasteiger partial charge is 0.194 e. The van der Waals surface area contributed by atoms with E-state index in [0.29, 0.717) is 6.54 Å². The molecule has 2 N–H and O–H groups in total. The summed E-state index contributed by atoms with van der Waals surface area (Å²) in [5.74, 6) is 1.70. The molecule has 0 bridgehead atoms. The molecule has 1 aromatic carbocycles. The Bertz CT molecular complexity index is 513. The summed E-state index contributed by atoms with van der Waals surface area (Å²) in [6.07, 6.45) is 1.77. The van der Waals surface area contributed by atoms with E-state index < -0.39 is 6.10 Å². The van der Waals surface area contributed by atoms with E-state index in [0.717, 1.165) is 37.1 Å². The summed E-state index contributed by atoms with van der Waals surface area (Å²) in [6, 6.07) is 10.1. The van der Waals surface area contributed by atoms with Crippen molar-refractivity contribution in [2.45, 2.75) is 45.8 Å². The van der Waals surface area contributed by atoms with E-state index in [1.165, 1.54) is 12.8 Å². The van der Waals surface area contributed by atoms with Gasteiger partial charge in [-0.3, -0.25) is 4.99 Å². The quantitative estimate of drug-likeness (QED) is 0.588. The fraction of sp³-hybridized carbons (Fsp3) is 0.650. The lowest BCUT2D eigenvalue weighted by Crippen LogP contribution is -2.45. The number of rotatable bonds is 7. The average molecular weight is 348 g/mol. The molecule has 0 radical (unpaired) electrons. The Morgan fingerprint density at radius 1 is 1.32 bits per heavy atom. The largest absolute Gasteiger partial charge is 0.389 e. The molecule has 2 atom stereocenters. The number of guanidine groups is 1. The minimum absolute atomic E-state index is 0.0309. The lowest BCUT2D eigenvalue weighted by atomic mass is 10.00. The first-order valence-electron chi connectivity index (χ1n) is 9.48. The van der Waals surface area contributed by atoms with Gasteiger partial charge >= 0.3 is 0 Å². The third kappa shape index (κ3) is 6.67. The summed E-state index contributed by atoms with van der Waals surface area (Å²) in [6.45, 7) is 9.92. The van der Waals surface area contributed by atoms with Crippen LogP contribution in [-0.2, 0) is 4.74 Å². The molecule has 2 unspecified atom stereocenters. The van der Waals surface area contributed by atoms with Crippen LogP contribution in [-0.4, -0.2) is 54.9 Å². The summed E-state index contributed by atoms with van der Waals surface area (Å²) in [4.78, 5) is 6.91. The molecule has 0 amide bonds. The molecule has 1 fully saturated rings. The topological polar surface area (TPSA) is 57.1 Å². The van der Waals surface area contributed by atoms with Crippen molar-refractivity contribution in [2.75, 3.05) is 32.8 Å². The summed E-state index contributed by atoms with van der Waals surface area (Å²) >= 11 is 0. The predicted molar refractivity (Wildman–Crippen MR) is 103 cm³/mol. The van der Waals surface area contributed by atoms with Gasteiger partial charge in [0.15, 0.2) is 5.96 Å². The van der Waals surface area contributed by atoms with Crippen LogP contribution in [0, 0.1) is 5.92 Å². The van der Waals surface area contributed by atoms with Crippen LogP contribution in [0.5, 0.6) is 0 Å². The maximum Gasteiger partial charge on any atom is 0.194 e. The van der Waals surface area contributed by atoms with Gasteiger partial charge < -0.3 is 20.1 Å². The second kappa shape index (κ2) is 10.4. The summed E-state index contributed by atoms with van der Waals surface area (Å²) < 4.78 is 5.79. The highest BCUT2D eigenvalue weighted by Crippen LogP contribution is 2.17. The van der Waals surface area contributed by atoms with Crippen LogP contribution in [0.15, 0.2) is 35.3 Å². The second-order valence-corrected chi connectivity index (χ2v) is 6.90. The number of piperidine rings is 1. The zero-order chi connectivity index (χ0) is 18.1. The maximum absolute atomic E-state index is 10.2. The van der Waals surface area contributed by atoms with Crippen molar-refractivity contribution < 1.29 is 9.84 Å². The first-order chi connectivity index (χ1) is 12.1. The number of ether oxygens (including phenoxy) is 1. The lowest BCUT2D eigenvalue weighted by molar-refractivity contribution is 0.00103. The first kappa shape index (κ1) is 19.7. The van der Waals surface area contributed by atoms with Gasteiger partial charge in [-0.15, -0.1) is 0 Å². The Labute approximate surface area is 152 Å². The van der Waals surface area contributed by atoms with Gasteiger partial charge in [0, 0.05) is 19.6 Å². The maximum atomic E-state index is 10.2. The van der Waals surface area contributed by atoms with E-state index in [4.69, 9.17) is 4.74 Å². The molecular weight excluding hydrogens is 314 g/mol. The Morgan fingerprint density at radius 2 is 2.00 bits per heavy atom. The van der Waals surface area contributed by atoms with Gasteiger partial charge in [0.05, 0.1) is 25.4 Å². The molecule has 2 rings (SSSR count). The highest BCUT2D eigenvalue weighted by molar-refractivity contribution is 5.80. The lowest BCUT2D eigenvalue weighted by Gasteiger charge is -2.33. The predicted octanol–water partition coefficient (Wildman–Crippen LogP) is 2.82. The minimum Gasteiger partial charge on any atom is -0.389 e. The van der Waals surface area contributed by atoms with Crippen molar-refractivity contribution in [2.24, 2.45) is 10.9 Å². The molecule has 0 aromatic heterocycles. The Kier molecular flexibility index (Phi) is 8.22. The molecule has 1 aliphatic heterocycles. The molecule has 0 saturated carbocycles. The van der Waals surface area contributed by atoms with Crippen LogP contribution in [0.25, 0.3) is 0 Å². The fourth-order valence-corrected chi connectivity index (χ4v) is 2.97. The molecular formula is C20H33N3O2. The second-order valence-electron chi connectivity index (χ2n) is 6.90. The van der Waals surface area contributed by atoms with Crippen molar-refractivity contribution in [1.29, 1.82) is 0 Å². The SMILES string of the molecule is CCNC(=NCC(O)COC(C)c1ccccc1)N1CCC(C)CC1. The summed E-state index contributed by atoms with van der Waals surface area (Å²) in [5.41, 5.74) is 1.12. The van der Waals surface area contributed by atoms with Gasteiger partial charge in [-0.25, -0.2) is 0 Å². The van der Waals surface area contributed by atoms with Crippen molar-refractivity contribution in [3.8, 4) is 0 Å². The third-order valence-corrected chi connectivity index (χ3v) is 4.68. The van der Waals surface area contributed by atoms with Gasteiger partial charge in [-0.2, -0.15) is 0 Å². The normalized spacial score (nSPS) is 18.9. The first-order valence-corrected chi connectivity index (χ1v) is 9.48. The molecule has 0 aliphatic carbocycles. The standard InChI is InChI=1S/C20H33N3O2/c1-4-21-20(23-12-10-16(2)11-13-23)22-14-19(24)15-25-17(3)18-8-6-5-7-9-18/h5-9,16-17,19,24H,4,10-15H2,1-3H3,(H,21,22). The van der Waals surface area contributed by atoms with Gasteiger partial charge in [0.25, 0.3) is 0 Å². The van der Waals surface area contributed by atoms with Gasteiger partial charge in [-0.1, -0.05) is 37.3 Å². The number of likely N-dealkylation sites (tertiary alicyclic amines) is 1. The van der Waals surface area contributed by atoms with Crippen molar-refractivity contribution in [3.05, 3.63) is 35.9 Å². The number of hydrogen-bond acceptors (Lipinski definition) is 3. The van der Waals surface area contributed by atoms with Gasteiger partial charge in [-0.05, 0) is 38.2 Å². The molecule has 1 aliphatic rings. The van der Waals surface area contributed by atoms with Crippen LogP contribution in [0.1, 0.15) is 45.3 Å². The third-order valence-electron chi connectivity index (χ3n) is 4.68. The van der Waals surface area contributed by atoms with E-state index >= 15 is 0 Å². The zero-order valence-corrected chi connectivity index (χ0v) is 15.8. The van der Waals surface area contributed by atoms with Gasteiger partial charge in [0.2, 0.25) is 0 Å². The molecule has 25 heavy (non-hydrogen) atoms. The average Bonchev–Trinajstić information content (AvgIpc) is 2.64.